The lowest BCUT2D eigenvalue weighted by molar-refractivity contribution is 0.108. The Morgan fingerprint density at radius 1 is 1.15 bits per heavy atom. The molecule has 6 heteroatoms. The van der Waals surface area contributed by atoms with Gasteiger partial charge >= 0.3 is 0 Å². The SMILES string of the molecule is COc1cc2c(cc1NCc1ccccc1)CCN1CC(c3cc(C)ccn3)C(N)CC21.Cl. The molecular weight excluding hydrogens is 432 g/mol. The molecule has 0 spiro atoms. The molecule has 3 N–H and O–H groups in total. The van der Waals surface area contributed by atoms with Crippen molar-refractivity contribution in [1.29, 1.82) is 0 Å². The van der Waals surface area contributed by atoms with E-state index in [9.17, 15) is 0 Å². The first-order chi connectivity index (χ1) is 15.6. The molecule has 174 valence electrons. The van der Waals surface area contributed by atoms with Gasteiger partial charge in [0.05, 0.1) is 12.8 Å². The quantitative estimate of drug-likeness (QED) is 0.565. The maximum Gasteiger partial charge on any atom is 0.142 e. The number of ether oxygens (including phenoxy) is 1. The minimum atomic E-state index is 0. The summed E-state index contributed by atoms with van der Waals surface area (Å²) in [5.74, 6) is 1.18. The number of halogens is 1. The Balaban J connectivity index is 0.00000259. The number of fused-ring (bicyclic) bond motifs is 3. The lowest BCUT2D eigenvalue weighted by Gasteiger charge is -2.46. The summed E-state index contributed by atoms with van der Waals surface area (Å²) in [5, 5.41) is 3.57. The molecule has 1 aromatic heterocycles. The Morgan fingerprint density at radius 2 is 1.97 bits per heavy atom. The van der Waals surface area contributed by atoms with Crippen LogP contribution in [0.3, 0.4) is 0 Å². The first kappa shape index (κ1) is 23.6. The van der Waals surface area contributed by atoms with Gasteiger partial charge in [0.2, 0.25) is 0 Å². The number of aromatic nitrogens is 1. The normalized spacial score (nSPS) is 22.0. The van der Waals surface area contributed by atoms with Gasteiger partial charge in [-0.15, -0.1) is 12.4 Å². The summed E-state index contributed by atoms with van der Waals surface area (Å²) < 4.78 is 5.79. The fourth-order valence-corrected chi connectivity index (χ4v) is 5.26. The smallest absolute Gasteiger partial charge is 0.142 e. The highest BCUT2D eigenvalue weighted by atomic mass is 35.5. The highest BCUT2D eigenvalue weighted by Crippen LogP contribution is 2.43. The molecule has 3 atom stereocenters. The summed E-state index contributed by atoms with van der Waals surface area (Å²) >= 11 is 0. The summed E-state index contributed by atoms with van der Waals surface area (Å²) in [6, 6.07) is 19.7. The van der Waals surface area contributed by atoms with Crippen molar-refractivity contribution in [3.05, 3.63) is 88.7 Å². The van der Waals surface area contributed by atoms with E-state index in [1.807, 2.05) is 18.3 Å². The topological polar surface area (TPSA) is 63.4 Å². The third-order valence-electron chi connectivity index (χ3n) is 7.02. The first-order valence-electron chi connectivity index (χ1n) is 11.5. The van der Waals surface area contributed by atoms with Gasteiger partial charge < -0.3 is 15.8 Å². The number of anilines is 1. The molecular formula is C27H33ClN4O. The molecule has 3 aromatic rings. The van der Waals surface area contributed by atoms with Gasteiger partial charge in [-0.1, -0.05) is 30.3 Å². The van der Waals surface area contributed by atoms with Crippen molar-refractivity contribution < 1.29 is 4.74 Å². The Labute approximate surface area is 202 Å². The van der Waals surface area contributed by atoms with E-state index in [0.29, 0.717) is 6.04 Å². The zero-order chi connectivity index (χ0) is 22.1. The van der Waals surface area contributed by atoms with Crippen LogP contribution in [0.5, 0.6) is 5.75 Å². The van der Waals surface area contributed by atoms with Gasteiger partial charge in [-0.2, -0.15) is 0 Å². The third-order valence-corrected chi connectivity index (χ3v) is 7.02. The van der Waals surface area contributed by atoms with Crippen LogP contribution in [0.1, 0.15) is 46.3 Å². The number of benzene rings is 2. The molecule has 2 aliphatic heterocycles. The van der Waals surface area contributed by atoms with Gasteiger partial charge in [0.25, 0.3) is 0 Å². The zero-order valence-electron chi connectivity index (χ0n) is 19.3. The van der Waals surface area contributed by atoms with Gasteiger partial charge in [-0.25, -0.2) is 0 Å². The minimum Gasteiger partial charge on any atom is -0.495 e. The fourth-order valence-electron chi connectivity index (χ4n) is 5.26. The van der Waals surface area contributed by atoms with Crippen LogP contribution in [0.15, 0.2) is 60.8 Å². The van der Waals surface area contributed by atoms with Crippen LogP contribution >= 0.6 is 12.4 Å². The van der Waals surface area contributed by atoms with E-state index in [4.69, 9.17) is 10.5 Å². The number of piperidine rings is 1. The second-order valence-electron chi connectivity index (χ2n) is 9.12. The number of nitrogens with two attached hydrogens (primary N) is 1. The second kappa shape index (κ2) is 10.1. The van der Waals surface area contributed by atoms with E-state index in [-0.39, 0.29) is 24.4 Å². The summed E-state index contributed by atoms with van der Waals surface area (Å²) in [5.41, 5.74) is 14.2. The molecule has 1 fully saturated rings. The molecule has 3 unspecified atom stereocenters. The Bertz CT molecular complexity index is 1090. The van der Waals surface area contributed by atoms with E-state index < -0.39 is 0 Å². The summed E-state index contributed by atoms with van der Waals surface area (Å²) in [6.45, 7) is 4.91. The number of hydrogen-bond acceptors (Lipinski definition) is 5. The van der Waals surface area contributed by atoms with Crippen molar-refractivity contribution in [2.24, 2.45) is 5.73 Å². The molecule has 2 aromatic carbocycles. The van der Waals surface area contributed by atoms with Crippen molar-refractivity contribution in [3.63, 3.8) is 0 Å². The van der Waals surface area contributed by atoms with E-state index in [0.717, 1.165) is 49.6 Å². The molecule has 0 aliphatic carbocycles. The predicted molar refractivity (Wildman–Crippen MR) is 136 cm³/mol. The molecule has 0 amide bonds. The predicted octanol–water partition coefficient (Wildman–Crippen LogP) is 4.85. The van der Waals surface area contributed by atoms with Crippen molar-refractivity contribution >= 4 is 18.1 Å². The van der Waals surface area contributed by atoms with Crippen LogP contribution < -0.4 is 15.8 Å². The standard InChI is InChI=1S/C27H32N4O.ClH/c1-18-8-10-29-24(12-18)22-17-31-11-9-20-13-25(30-16-19-6-4-3-5-7-19)27(32-2)14-21(20)26(31)15-23(22)28;/h3-8,10,12-14,22-23,26,30H,9,11,15-17,28H2,1-2H3;1H. The zero-order valence-corrected chi connectivity index (χ0v) is 20.1. The summed E-state index contributed by atoms with van der Waals surface area (Å²) in [6.07, 6.45) is 3.89. The maximum atomic E-state index is 6.73. The van der Waals surface area contributed by atoms with Gasteiger partial charge in [-0.3, -0.25) is 9.88 Å². The molecule has 0 saturated carbocycles. The molecule has 0 bridgehead atoms. The minimum absolute atomic E-state index is 0. The van der Waals surface area contributed by atoms with Crippen molar-refractivity contribution in [2.75, 3.05) is 25.5 Å². The Kier molecular flexibility index (Phi) is 7.23. The number of nitrogens with one attached hydrogen (secondary N) is 1. The van der Waals surface area contributed by atoms with Crippen molar-refractivity contribution in [3.8, 4) is 5.75 Å². The van der Waals surface area contributed by atoms with Gasteiger partial charge in [-0.05, 0) is 66.3 Å². The maximum absolute atomic E-state index is 6.73. The van der Waals surface area contributed by atoms with Crippen LogP contribution in [0.2, 0.25) is 0 Å². The Hall–Kier alpha value is -2.60. The van der Waals surface area contributed by atoms with Gasteiger partial charge in [0, 0.05) is 49.5 Å². The number of nitrogens with zero attached hydrogens (tertiary/aromatic N) is 2. The van der Waals surface area contributed by atoms with Crippen LogP contribution in [0.4, 0.5) is 5.69 Å². The lowest BCUT2D eigenvalue weighted by Crippen LogP contribution is -2.50. The molecule has 5 nitrogen and oxygen atoms in total. The van der Waals surface area contributed by atoms with Crippen molar-refractivity contribution in [2.45, 2.75) is 44.3 Å². The fraction of sp³-hybridized carbons (Fsp3) is 0.370. The van der Waals surface area contributed by atoms with Crippen LogP contribution in [0, 0.1) is 6.92 Å². The van der Waals surface area contributed by atoms with E-state index in [1.165, 1.54) is 22.3 Å². The summed E-state index contributed by atoms with van der Waals surface area (Å²) in [7, 11) is 1.75. The second-order valence-corrected chi connectivity index (χ2v) is 9.12. The van der Waals surface area contributed by atoms with Gasteiger partial charge in [0.1, 0.15) is 5.75 Å². The average molecular weight is 465 g/mol. The van der Waals surface area contributed by atoms with Crippen LogP contribution in [0.25, 0.3) is 0 Å². The highest BCUT2D eigenvalue weighted by Gasteiger charge is 2.39. The average Bonchev–Trinajstić information content (AvgIpc) is 2.82. The third kappa shape index (κ3) is 4.86. The van der Waals surface area contributed by atoms with E-state index in [1.54, 1.807) is 7.11 Å². The van der Waals surface area contributed by atoms with Gasteiger partial charge in [0.15, 0.2) is 0 Å². The number of rotatable bonds is 5. The molecule has 1 saturated heterocycles. The monoisotopic (exact) mass is 464 g/mol. The Morgan fingerprint density at radius 3 is 2.73 bits per heavy atom. The number of pyridine rings is 1. The number of hydrogen-bond donors (Lipinski definition) is 2. The highest BCUT2D eigenvalue weighted by molar-refractivity contribution is 5.85. The van der Waals surface area contributed by atoms with Crippen LogP contribution in [-0.2, 0) is 13.0 Å². The largest absolute Gasteiger partial charge is 0.495 e. The number of aryl methyl sites for hydroxylation is 1. The first-order valence-corrected chi connectivity index (χ1v) is 11.5. The molecule has 3 heterocycles. The van der Waals surface area contributed by atoms with Crippen molar-refractivity contribution in [1.82, 2.24) is 9.88 Å². The lowest BCUT2D eigenvalue weighted by atomic mass is 9.79. The van der Waals surface area contributed by atoms with E-state index in [2.05, 4.69) is 64.6 Å². The number of methoxy groups -OCH3 is 1. The van der Waals surface area contributed by atoms with Crippen LogP contribution in [-0.4, -0.2) is 36.1 Å². The van der Waals surface area contributed by atoms with E-state index >= 15 is 0 Å². The molecule has 2 aliphatic rings. The summed E-state index contributed by atoms with van der Waals surface area (Å²) in [4.78, 5) is 7.24. The molecule has 5 rings (SSSR count). The molecule has 33 heavy (non-hydrogen) atoms. The molecule has 0 radical (unpaired) electrons.